The zero-order valence-corrected chi connectivity index (χ0v) is 85.9. The number of ether oxygens (including phenoxy) is 6. The van der Waals surface area contributed by atoms with E-state index in [-0.39, 0.29) is 6.61 Å². The van der Waals surface area contributed by atoms with Gasteiger partial charge in [-0.15, -0.1) is 0 Å². The molecule has 0 aliphatic heterocycles. The van der Waals surface area contributed by atoms with E-state index in [1.165, 1.54) is 385 Å². The summed E-state index contributed by atoms with van der Waals surface area (Å²) in [7, 11) is 0. The molecule has 0 aromatic rings. The molecular weight excluding hydrogens is 1590 g/mol. The monoisotopic (exact) mass is 1800 g/mol. The second-order valence-electron chi connectivity index (χ2n) is 37.0. The molecule has 126 heavy (non-hydrogen) atoms. The molecule has 756 valence electrons. The first-order chi connectivity index (χ1) is 60.9. The van der Waals surface area contributed by atoms with Crippen molar-refractivity contribution in [2.75, 3.05) is 46.2 Å². The fourth-order valence-corrected chi connectivity index (χ4v) is 14.9. The minimum absolute atomic E-state index is 0.155. The van der Waals surface area contributed by atoms with Crippen LogP contribution in [0.15, 0.2) is 0 Å². The maximum absolute atomic E-state index is 11.3. The van der Waals surface area contributed by atoms with Crippen molar-refractivity contribution < 1.29 is 87.8 Å². The van der Waals surface area contributed by atoms with Crippen LogP contribution in [0.5, 0.6) is 0 Å². The van der Waals surface area contributed by atoms with Crippen LogP contribution in [0.2, 0.25) is 0 Å². The van der Waals surface area contributed by atoms with Gasteiger partial charge in [0.15, 0.2) is 29.0 Å². The molecule has 0 spiro atoms. The van der Waals surface area contributed by atoms with Crippen LogP contribution < -0.4 is 0 Å². The van der Waals surface area contributed by atoms with Crippen LogP contribution in [0, 0.1) is 0 Å². The molecule has 6 N–H and O–H groups in total. The molecule has 0 aromatic carbocycles. The van der Waals surface area contributed by atoms with Gasteiger partial charge in [-0.25, -0.2) is 28.8 Å². The van der Waals surface area contributed by atoms with Crippen molar-refractivity contribution in [3.63, 3.8) is 0 Å². The summed E-state index contributed by atoms with van der Waals surface area (Å²) in [6.07, 6.45) is 95.3. The van der Waals surface area contributed by atoms with E-state index >= 15 is 0 Å². The zero-order valence-electron chi connectivity index (χ0n) is 85.9. The van der Waals surface area contributed by atoms with E-state index in [2.05, 4.69) is 41.5 Å². The molecule has 18 nitrogen and oxygen atoms in total. The molecule has 3 atom stereocenters. The Bertz CT molecular complexity index is 2190. The number of carbonyl (C=O) groups is 6. The number of rotatable bonds is 94. The largest absolute Gasteiger partial charge is 0.480 e. The van der Waals surface area contributed by atoms with Gasteiger partial charge in [0, 0.05) is 39.6 Å². The Labute approximate surface area is 779 Å². The third-order valence-electron chi connectivity index (χ3n) is 24.5. The number of aliphatic carboxylic acids is 6. The first-order valence-electron chi connectivity index (χ1n) is 54.0. The number of carboxylic acids is 6. The molecule has 0 aliphatic carbocycles. The summed E-state index contributed by atoms with van der Waals surface area (Å²) in [6, 6.07) is 0. The molecule has 18 heteroatoms. The Kier molecular flexibility index (Phi) is 115. The Morgan fingerprint density at radius 1 is 0.238 bits per heavy atom. The Balaban J connectivity index is -0.000000343. The topological polar surface area (TPSA) is 279 Å². The van der Waals surface area contributed by atoms with Gasteiger partial charge in [-0.05, 0) is 91.9 Å². The minimum Gasteiger partial charge on any atom is -0.480 e. The summed E-state index contributed by atoms with van der Waals surface area (Å²) in [5.41, 5.74) is -3.01. The maximum Gasteiger partial charge on any atom is 0.335 e. The summed E-state index contributed by atoms with van der Waals surface area (Å²) < 4.78 is 32.1. The molecule has 0 aliphatic rings. The van der Waals surface area contributed by atoms with Crippen LogP contribution >= 0.6 is 0 Å². The lowest BCUT2D eigenvalue weighted by atomic mass is 9.97. The number of unbranched alkanes of at least 4 members (excludes halogenated alkanes) is 66. The molecule has 0 rings (SSSR count). The number of carboxylic acid groups (broad SMARTS) is 6. The second-order valence-corrected chi connectivity index (χ2v) is 37.0. The van der Waals surface area contributed by atoms with E-state index < -0.39 is 64.8 Å². The zero-order chi connectivity index (χ0) is 95.1. The Hall–Kier alpha value is -3.42. The standard InChI is InChI=1S/C20H40O3.C19H38O3.2C18H36O3.C17H34O3.C16H32O3/c1-4-7-8-9-10-11-12-13-14-15-16-17-18-23-20(5-2,6-3)19(21)22;1-4-6-7-8-9-10-11-12-13-14-15-16-17-22-19(3,5-2)18(20)21;1-4-5-6-7-8-9-10-11-12-13-14-15-16-21-18(2,3)17(19)20;1-3-5-6-7-8-9-10-11-12-13-14-15-16-21-17(4-2)18(19)20;1-3-4-5-6-7-8-9-10-11-12-13-14-15-20-16(2)17(18)19;1-2-3-4-5-6-7-8-9-10-11-12-13-14-19-15-16(17)18/h4-18H2,1-3H3,(H,21,22);4-17H2,1-3H3,(H,20,21);4-16H2,1-3H3,(H,19,20);17H,3-16H2,1-2H3,(H,19,20);16H,3-15H2,1-2H3,(H,18,19);2-15H2,1H3,(H,17,18). The highest BCUT2D eigenvalue weighted by Crippen LogP contribution is 2.24. The first-order valence-corrected chi connectivity index (χ1v) is 54.0. The van der Waals surface area contributed by atoms with Crippen LogP contribution in [0.4, 0.5) is 0 Å². The van der Waals surface area contributed by atoms with Crippen LogP contribution in [0.1, 0.15) is 585 Å². The van der Waals surface area contributed by atoms with Crippen LogP contribution in [0.25, 0.3) is 0 Å². The van der Waals surface area contributed by atoms with Gasteiger partial charge in [-0.2, -0.15) is 0 Å². The summed E-state index contributed by atoms with van der Waals surface area (Å²) in [5.74, 6) is -5.14. The van der Waals surface area contributed by atoms with Crippen molar-refractivity contribution >= 4 is 35.8 Å². The van der Waals surface area contributed by atoms with Gasteiger partial charge in [0.05, 0.1) is 0 Å². The molecule has 3 unspecified atom stereocenters. The highest BCUT2D eigenvalue weighted by atomic mass is 16.5. The predicted molar refractivity (Wildman–Crippen MR) is 532 cm³/mol. The van der Waals surface area contributed by atoms with Gasteiger partial charge in [0.25, 0.3) is 0 Å². The van der Waals surface area contributed by atoms with E-state index in [4.69, 9.17) is 54.0 Å². The Morgan fingerprint density at radius 2 is 0.460 bits per heavy atom. The highest BCUT2D eigenvalue weighted by Gasteiger charge is 2.36. The fraction of sp³-hybridized carbons (Fsp3) is 0.944. The first kappa shape index (κ1) is 133. The summed E-state index contributed by atoms with van der Waals surface area (Å²) in [4.78, 5) is 64.7. The van der Waals surface area contributed by atoms with Gasteiger partial charge in [0.1, 0.15) is 6.61 Å². The lowest BCUT2D eigenvalue weighted by Gasteiger charge is -2.27. The molecule has 0 bridgehead atoms. The minimum atomic E-state index is -1.04. The lowest BCUT2D eigenvalue weighted by Crippen LogP contribution is -2.40. The van der Waals surface area contributed by atoms with Gasteiger partial charge >= 0.3 is 35.8 Å². The van der Waals surface area contributed by atoms with Crippen LogP contribution in [0.3, 0.4) is 0 Å². The van der Waals surface area contributed by atoms with Gasteiger partial charge < -0.3 is 59.1 Å². The molecule has 0 aromatic heterocycles. The van der Waals surface area contributed by atoms with E-state index in [1.807, 2.05) is 27.7 Å². The molecule has 0 saturated carbocycles. The molecule has 0 amide bonds. The summed E-state index contributed by atoms with van der Waals surface area (Å²) in [6.45, 7) is 30.8. The van der Waals surface area contributed by atoms with Crippen molar-refractivity contribution in [2.45, 2.75) is 614 Å². The van der Waals surface area contributed by atoms with E-state index in [0.29, 0.717) is 65.3 Å². The van der Waals surface area contributed by atoms with E-state index in [0.717, 1.165) is 77.0 Å². The van der Waals surface area contributed by atoms with Crippen molar-refractivity contribution in [3.05, 3.63) is 0 Å². The van der Waals surface area contributed by atoms with Crippen LogP contribution in [-0.2, 0) is 57.2 Å². The molecule has 0 saturated heterocycles. The average Bonchev–Trinajstić information content (AvgIpc) is 0.857. The van der Waals surface area contributed by atoms with Gasteiger partial charge in [0.2, 0.25) is 0 Å². The SMILES string of the molecule is CCCCCCCCCCCCCCOC(C)(C)C(=O)O.CCCCCCCCCCCCCCOC(C)(CC)C(=O)O.CCCCCCCCCCCCCCOC(C)C(=O)O.CCCCCCCCCCCCCCOC(CC)(CC)C(=O)O.CCCCCCCCCCCCCCOC(CC)C(=O)O.CCCCCCCCCCCCCCOCC(=O)O. The summed E-state index contributed by atoms with van der Waals surface area (Å²) >= 11 is 0. The van der Waals surface area contributed by atoms with Crippen molar-refractivity contribution in [1.29, 1.82) is 0 Å². The number of hydrogen-bond acceptors (Lipinski definition) is 12. The van der Waals surface area contributed by atoms with Crippen molar-refractivity contribution in [1.82, 2.24) is 0 Å². The lowest BCUT2D eigenvalue weighted by molar-refractivity contribution is -0.167. The van der Waals surface area contributed by atoms with Gasteiger partial charge in [-0.1, -0.05) is 493 Å². The third kappa shape index (κ3) is 106. The van der Waals surface area contributed by atoms with Gasteiger partial charge in [-0.3, -0.25) is 0 Å². The quantitative estimate of drug-likeness (QED) is 0.0309. The maximum atomic E-state index is 11.3. The smallest absolute Gasteiger partial charge is 0.335 e. The summed E-state index contributed by atoms with van der Waals surface area (Å²) in [5, 5.41) is 53.2. The van der Waals surface area contributed by atoms with E-state index in [1.54, 1.807) is 27.7 Å². The normalized spacial score (nSPS) is 12.2. The molecule has 0 radical (unpaired) electrons. The highest BCUT2D eigenvalue weighted by molar-refractivity contribution is 5.77. The van der Waals surface area contributed by atoms with E-state index in [9.17, 15) is 33.9 Å². The van der Waals surface area contributed by atoms with Crippen molar-refractivity contribution in [2.24, 2.45) is 0 Å². The van der Waals surface area contributed by atoms with Crippen LogP contribution in [-0.4, -0.2) is 142 Å². The third-order valence-corrected chi connectivity index (χ3v) is 24.5. The van der Waals surface area contributed by atoms with Crippen molar-refractivity contribution in [3.8, 4) is 0 Å². The Morgan fingerprint density at radius 3 is 0.659 bits per heavy atom. The predicted octanol–water partition coefficient (Wildman–Crippen LogP) is 33.4. The molecule has 0 heterocycles. The average molecular weight is 1800 g/mol. The second kappa shape index (κ2) is 109. The molecule has 0 fully saturated rings. The number of hydrogen-bond donors (Lipinski definition) is 6. The fourth-order valence-electron chi connectivity index (χ4n) is 14.9. The molecular formula is C108H216O18.